The zero-order valence-corrected chi connectivity index (χ0v) is 35.4. The molecule has 0 aliphatic carbocycles. The van der Waals surface area contributed by atoms with E-state index in [1.165, 1.54) is 56.3 Å². The van der Waals surface area contributed by atoms with Crippen molar-refractivity contribution < 1.29 is 28.5 Å². The van der Waals surface area contributed by atoms with Crippen molar-refractivity contribution in [2.75, 3.05) is 5.88 Å². The fourth-order valence-corrected chi connectivity index (χ4v) is 22.4. The van der Waals surface area contributed by atoms with Gasteiger partial charge in [-0.25, -0.2) is 0 Å². The fraction of sp³-hybridized carbons (Fsp3) is 0.872. The standard InChI is InChI=1S/C27H44ClO6.3C4H9.Sn/c1-10-12-27(9)22(16-25(5,6)19(4)33-27)31-24(32-23(29)17-28)15-21-20(30-13-11-2)14-18(3)26(7,8)34-21;3*1-3-4-2;/h10-11,13,18-22,24H,1-2,12,14-17H2,3-9H3;3*1,3-4H2,2H3;/b13-11-;;;;/t18-,19-,20?,21-,22-,24?,27+;;;;/m1..../s1. The average molecular weight is 790 g/mol. The molecule has 0 amide bonds. The number of allylic oxidation sites excluding steroid dienone is 1. The summed E-state index contributed by atoms with van der Waals surface area (Å²) in [6, 6.07) is 0. The molecular formula is C39H71ClO6Sn. The van der Waals surface area contributed by atoms with Gasteiger partial charge in [-0.2, -0.15) is 0 Å². The molecule has 0 bridgehead atoms. The number of esters is 1. The molecule has 0 saturated carbocycles. The van der Waals surface area contributed by atoms with Gasteiger partial charge < -0.3 is 0 Å². The number of hydrogen-bond donors (Lipinski definition) is 0. The number of halogens is 1. The third-order valence-corrected chi connectivity index (χ3v) is 26.8. The molecule has 8 heteroatoms. The summed E-state index contributed by atoms with van der Waals surface area (Å²) < 4.78 is 38.2. The van der Waals surface area contributed by atoms with E-state index >= 15 is 0 Å². The number of carbonyl (C=O) groups is 1. The van der Waals surface area contributed by atoms with Crippen LogP contribution in [0.3, 0.4) is 0 Å². The van der Waals surface area contributed by atoms with Crippen LogP contribution in [0.2, 0.25) is 17.7 Å². The van der Waals surface area contributed by atoms with Crippen molar-refractivity contribution in [3.8, 4) is 0 Å². The molecule has 0 aromatic heterocycles. The summed E-state index contributed by atoms with van der Waals surface area (Å²) in [4.78, 5) is 12.6. The molecule has 2 fully saturated rings. The molecule has 2 heterocycles. The predicted octanol–water partition coefficient (Wildman–Crippen LogP) is 11.0. The molecular weight excluding hydrogens is 719 g/mol. The summed E-state index contributed by atoms with van der Waals surface area (Å²) in [7, 11) is 0. The maximum atomic E-state index is 12.6. The topological polar surface area (TPSA) is 63.2 Å². The van der Waals surface area contributed by atoms with Crippen LogP contribution in [0.4, 0.5) is 0 Å². The number of ether oxygens (including phenoxy) is 5. The molecule has 274 valence electrons. The number of unbranched alkanes of at least 4 members (excludes halogenated alkanes) is 3. The van der Waals surface area contributed by atoms with Crippen LogP contribution in [0.5, 0.6) is 0 Å². The molecule has 0 radical (unpaired) electrons. The Morgan fingerprint density at radius 3 is 2.13 bits per heavy atom. The summed E-state index contributed by atoms with van der Waals surface area (Å²) in [5.41, 5.74) is -1.08. The van der Waals surface area contributed by atoms with Crippen LogP contribution in [-0.2, 0) is 28.5 Å². The van der Waals surface area contributed by atoms with E-state index in [-0.39, 0.29) is 41.3 Å². The van der Waals surface area contributed by atoms with Crippen molar-refractivity contribution in [2.24, 2.45) is 11.3 Å². The molecule has 7 atom stereocenters. The Hall–Kier alpha value is -0.281. The second-order valence-electron chi connectivity index (χ2n) is 16.1. The quantitative estimate of drug-likeness (QED) is 0.0288. The van der Waals surface area contributed by atoms with E-state index in [1.54, 1.807) is 0 Å². The van der Waals surface area contributed by atoms with Crippen LogP contribution >= 0.6 is 11.6 Å². The fourth-order valence-electron chi connectivity index (χ4n) is 7.34. The van der Waals surface area contributed by atoms with E-state index in [4.69, 9.17) is 35.3 Å². The molecule has 2 aliphatic rings. The van der Waals surface area contributed by atoms with Gasteiger partial charge in [-0.1, -0.05) is 19.9 Å². The van der Waals surface area contributed by atoms with Gasteiger partial charge in [-0.05, 0) is 6.92 Å². The zero-order valence-electron chi connectivity index (χ0n) is 31.8. The molecule has 2 aliphatic heterocycles. The second-order valence-corrected chi connectivity index (χ2v) is 30.4. The van der Waals surface area contributed by atoms with E-state index in [0.29, 0.717) is 18.8 Å². The van der Waals surface area contributed by atoms with Crippen LogP contribution in [0.1, 0.15) is 133 Å². The van der Waals surface area contributed by atoms with E-state index < -0.39 is 36.2 Å². The van der Waals surface area contributed by atoms with Gasteiger partial charge in [0.1, 0.15) is 0 Å². The van der Waals surface area contributed by atoms with Crippen LogP contribution in [-0.4, -0.2) is 72.1 Å². The Morgan fingerprint density at radius 1 is 1.00 bits per heavy atom. The van der Waals surface area contributed by atoms with Gasteiger partial charge in [0.2, 0.25) is 0 Å². The van der Waals surface area contributed by atoms with Crippen LogP contribution < -0.4 is 0 Å². The number of rotatable bonds is 21. The minimum atomic E-state index is -2.31. The van der Waals surface area contributed by atoms with E-state index in [1.807, 2.05) is 12.3 Å². The third-order valence-electron chi connectivity index (χ3n) is 11.3. The first-order valence-corrected chi connectivity index (χ1v) is 27.4. The van der Waals surface area contributed by atoms with Crippen LogP contribution in [0.25, 0.3) is 0 Å². The van der Waals surface area contributed by atoms with Gasteiger partial charge in [0.25, 0.3) is 0 Å². The number of alkyl halides is 1. The Bertz CT molecular complexity index is 947. The van der Waals surface area contributed by atoms with E-state index in [0.717, 1.165) is 12.8 Å². The molecule has 6 nitrogen and oxygen atoms in total. The van der Waals surface area contributed by atoms with E-state index in [2.05, 4.69) is 81.9 Å². The SMILES string of the molecule is C=CC[C@]1(C)O[C@H](C)C(C)(C)C[C@H]1OC(C[C@H]1OC(C)(C)[C@H](C)CC1O/C=C\[CH2][Sn]([CH2]CCC)([CH2]CCC)[CH2]CCC)OC(=O)CCl. The second kappa shape index (κ2) is 19.9. The number of hydrogen-bond acceptors (Lipinski definition) is 6. The maximum absolute atomic E-state index is 12.6. The normalized spacial score (nSPS) is 29.8. The van der Waals surface area contributed by atoms with Crippen LogP contribution in [0.15, 0.2) is 25.0 Å². The van der Waals surface area contributed by atoms with Gasteiger partial charge in [-0.3, -0.25) is 0 Å². The molecule has 0 aromatic carbocycles. The molecule has 2 unspecified atom stereocenters. The van der Waals surface area contributed by atoms with Gasteiger partial charge in [0.15, 0.2) is 0 Å². The van der Waals surface area contributed by atoms with Gasteiger partial charge >= 0.3 is 260 Å². The average Bonchev–Trinajstić information content (AvgIpc) is 3.00. The Labute approximate surface area is 298 Å². The van der Waals surface area contributed by atoms with Gasteiger partial charge in [0, 0.05) is 0 Å². The Balaban J connectivity index is 2.31. The first-order valence-electron chi connectivity index (χ1n) is 18.8. The first-order chi connectivity index (χ1) is 22.1. The monoisotopic (exact) mass is 790 g/mol. The minimum absolute atomic E-state index is 0.0407. The third kappa shape index (κ3) is 13.1. The Kier molecular flexibility index (Phi) is 18.2. The van der Waals surface area contributed by atoms with Crippen LogP contribution in [0, 0.1) is 11.3 Å². The summed E-state index contributed by atoms with van der Waals surface area (Å²) in [5, 5.41) is 0. The van der Waals surface area contributed by atoms with Gasteiger partial charge in [0.05, 0.1) is 6.10 Å². The predicted molar refractivity (Wildman–Crippen MR) is 199 cm³/mol. The van der Waals surface area contributed by atoms with Crippen molar-refractivity contribution in [1.82, 2.24) is 0 Å². The van der Waals surface area contributed by atoms with Crippen molar-refractivity contribution in [3.05, 3.63) is 25.0 Å². The zero-order chi connectivity index (χ0) is 35.3. The van der Waals surface area contributed by atoms with Crippen molar-refractivity contribution in [3.63, 3.8) is 0 Å². The molecule has 47 heavy (non-hydrogen) atoms. The van der Waals surface area contributed by atoms with Gasteiger partial charge in [-0.15, -0.1) is 6.58 Å². The van der Waals surface area contributed by atoms with Crippen molar-refractivity contribution in [1.29, 1.82) is 0 Å². The summed E-state index contributed by atoms with van der Waals surface area (Å²) in [5.74, 6) is -0.461. The molecule has 0 spiro atoms. The van der Waals surface area contributed by atoms with Crippen molar-refractivity contribution in [2.45, 2.75) is 193 Å². The molecule has 0 N–H and O–H groups in total. The molecule has 2 saturated heterocycles. The molecule has 2 rings (SSSR count). The van der Waals surface area contributed by atoms with Crippen molar-refractivity contribution >= 4 is 35.9 Å². The Morgan fingerprint density at radius 2 is 1.60 bits per heavy atom. The first kappa shape index (κ1) is 42.9. The van der Waals surface area contributed by atoms with E-state index in [9.17, 15) is 4.79 Å². The number of carbonyl (C=O) groups excluding carboxylic acids is 1. The summed E-state index contributed by atoms with van der Waals surface area (Å²) in [6.45, 7) is 26.0. The summed E-state index contributed by atoms with van der Waals surface area (Å²) in [6.07, 6.45) is 15.1. The summed E-state index contributed by atoms with van der Waals surface area (Å²) >= 11 is 3.62. The molecule has 0 aromatic rings.